The average Bonchev–Trinajstić information content (AvgIpc) is 2.82. The minimum atomic E-state index is 1.28. The summed E-state index contributed by atoms with van der Waals surface area (Å²) < 4.78 is 0. The minimum absolute atomic E-state index is 1.28. The van der Waals surface area contributed by atoms with Crippen LogP contribution in [-0.2, 0) is 0 Å². The van der Waals surface area contributed by atoms with Crippen LogP contribution in [0.3, 0.4) is 0 Å². The summed E-state index contributed by atoms with van der Waals surface area (Å²) in [6.07, 6.45) is 25.1. The van der Waals surface area contributed by atoms with Crippen LogP contribution in [0.5, 0.6) is 0 Å². The molecule has 0 spiro atoms. The quantitative estimate of drug-likeness (QED) is 0.100. The fraction of sp³-hybridized carbons (Fsp3) is 0.800. The van der Waals surface area contributed by atoms with E-state index in [9.17, 15) is 0 Å². The SMILES string of the molecule is CCCCCCCCSc1cc(SCCCCCCCC)cc(SCCCCCCCC)c1. The summed E-state index contributed by atoms with van der Waals surface area (Å²) in [4.78, 5) is 4.51. The Hall–Kier alpha value is 0.270. The van der Waals surface area contributed by atoms with E-state index < -0.39 is 0 Å². The lowest BCUT2D eigenvalue weighted by atomic mass is 10.1. The van der Waals surface area contributed by atoms with E-state index in [-0.39, 0.29) is 0 Å². The highest BCUT2D eigenvalue weighted by atomic mass is 32.2. The second-order valence-corrected chi connectivity index (χ2v) is 13.0. The Kier molecular flexibility index (Phi) is 22.8. The fourth-order valence-electron chi connectivity index (χ4n) is 4.01. The Balaban J connectivity index is 2.44. The van der Waals surface area contributed by atoms with E-state index in [2.05, 4.69) is 74.3 Å². The van der Waals surface area contributed by atoms with Gasteiger partial charge < -0.3 is 0 Å². The molecule has 0 N–H and O–H groups in total. The number of benzene rings is 1. The molecular formula is C30H54S3. The van der Waals surface area contributed by atoms with Crippen molar-refractivity contribution in [3.63, 3.8) is 0 Å². The van der Waals surface area contributed by atoms with E-state index in [4.69, 9.17) is 0 Å². The predicted octanol–water partition coefficient (Wildman–Crippen LogP) is 12.0. The first kappa shape index (κ1) is 31.3. The van der Waals surface area contributed by atoms with Gasteiger partial charge >= 0.3 is 0 Å². The van der Waals surface area contributed by atoms with Crippen LogP contribution in [-0.4, -0.2) is 17.3 Å². The lowest BCUT2D eigenvalue weighted by Gasteiger charge is -2.10. The first-order valence-corrected chi connectivity index (χ1v) is 17.3. The highest BCUT2D eigenvalue weighted by Crippen LogP contribution is 2.33. The minimum Gasteiger partial charge on any atom is -0.126 e. The number of hydrogen-bond acceptors (Lipinski definition) is 3. The summed E-state index contributed by atoms with van der Waals surface area (Å²) in [5.74, 6) is 3.83. The Bertz CT molecular complexity index is 455. The summed E-state index contributed by atoms with van der Waals surface area (Å²) in [6.45, 7) is 6.90. The van der Waals surface area contributed by atoms with Crippen molar-refractivity contribution in [1.29, 1.82) is 0 Å². The molecule has 1 rings (SSSR count). The molecule has 0 unspecified atom stereocenters. The van der Waals surface area contributed by atoms with Crippen LogP contribution in [0.2, 0.25) is 0 Å². The third-order valence-corrected chi connectivity index (χ3v) is 9.34. The molecule has 1 aromatic carbocycles. The molecule has 1 aromatic rings. The molecule has 0 fully saturated rings. The fourth-order valence-corrected chi connectivity index (χ4v) is 7.25. The van der Waals surface area contributed by atoms with Gasteiger partial charge in [0.05, 0.1) is 0 Å². The molecule has 33 heavy (non-hydrogen) atoms. The van der Waals surface area contributed by atoms with Gasteiger partial charge in [-0.2, -0.15) is 0 Å². The zero-order valence-electron chi connectivity index (χ0n) is 22.3. The third-order valence-electron chi connectivity index (χ3n) is 6.15. The van der Waals surface area contributed by atoms with Gasteiger partial charge in [-0.15, -0.1) is 35.3 Å². The molecule has 0 saturated heterocycles. The van der Waals surface area contributed by atoms with Crippen LogP contribution >= 0.6 is 35.3 Å². The Labute approximate surface area is 221 Å². The highest BCUT2D eigenvalue weighted by molar-refractivity contribution is 8.00. The molecule has 3 heteroatoms. The molecule has 0 saturated carbocycles. The van der Waals surface area contributed by atoms with Crippen molar-refractivity contribution in [3.8, 4) is 0 Å². The van der Waals surface area contributed by atoms with E-state index in [1.165, 1.54) is 148 Å². The zero-order chi connectivity index (χ0) is 23.8. The molecule has 0 radical (unpaired) electrons. The maximum atomic E-state index is 2.47. The van der Waals surface area contributed by atoms with Gasteiger partial charge in [-0.1, -0.05) is 117 Å². The van der Waals surface area contributed by atoms with Gasteiger partial charge in [0, 0.05) is 14.7 Å². The van der Waals surface area contributed by atoms with Crippen molar-refractivity contribution < 1.29 is 0 Å². The summed E-state index contributed by atoms with van der Waals surface area (Å²) >= 11 is 6.27. The summed E-state index contributed by atoms with van der Waals surface area (Å²) in [5, 5.41) is 0. The zero-order valence-corrected chi connectivity index (χ0v) is 24.8. The van der Waals surface area contributed by atoms with Crippen molar-refractivity contribution >= 4 is 35.3 Å². The normalized spacial score (nSPS) is 11.4. The van der Waals surface area contributed by atoms with Crippen molar-refractivity contribution in [3.05, 3.63) is 18.2 Å². The Morgan fingerprint density at radius 1 is 0.364 bits per heavy atom. The molecule has 0 aromatic heterocycles. The molecule has 0 heterocycles. The number of thioether (sulfide) groups is 3. The second kappa shape index (κ2) is 24.0. The van der Waals surface area contributed by atoms with E-state index in [0.717, 1.165) is 0 Å². The highest BCUT2D eigenvalue weighted by Gasteiger charge is 2.05. The predicted molar refractivity (Wildman–Crippen MR) is 159 cm³/mol. The number of hydrogen-bond donors (Lipinski definition) is 0. The van der Waals surface area contributed by atoms with Gasteiger partial charge in [0.1, 0.15) is 0 Å². The third kappa shape index (κ3) is 19.2. The molecule has 0 atom stereocenters. The van der Waals surface area contributed by atoms with Gasteiger partial charge in [0.2, 0.25) is 0 Å². The largest absolute Gasteiger partial charge is 0.126 e. The topological polar surface area (TPSA) is 0 Å². The number of rotatable bonds is 24. The van der Waals surface area contributed by atoms with Gasteiger partial charge in [-0.05, 0) is 54.7 Å². The molecule has 0 aliphatic rings. The maximum absolute atomic E-state index is 2.47. The van der Waals surface area contributed by atoms with E-state index in [1.54, 1.807) is 0 Å². The van der Waals surface area contributed by atoms with E-state index in [1.807, 2.05) is 0 Å². The van der Waals surface area contributed by atoms with E-state index >= 15 is 0 Å². The van der Waals surface area contributed by atoms with Crippen molar-refractivity contribution in [2.45, 2.75) is 151 Å². The van der Waals surface area contributed by atoms with Crippen LogP contribution in [0.1, 0.15) is 136 Å². The van der Waals surface area contributed by atoms with Crippen LogP contribution in [0, 0.1) is 0 Å². The van der Waals surface area contributed by atoms with Crippen LogP contribution in [0.4, 0.5) is 0 Å². The summed E-state index contributed by atoms with van der Waals surface area (Å²) in [5.41, 5.74) is 0. The summed E-state index contributed by atoms with van der Waals surface area (Å²) in [7, 11) is 0. The molecule has 192 valence electrons. The van der Waals surface area contributed by atoms with Gasteiger partial charge in [0.15, 0.2) is 0 Å². The molecule has 0 nitrogen and oxygen atoms in total. The molecular weight excluding hydrogens is 457 g/mol. The number of unbranched alkanes of at least 4 members (excludes halogenated alkanes) is 15. The molecule has 0 amide bonds. The summed E-state index contributed by atoms with van der Waals surface area (Å²) in [6, 6.07) is 7.41. The van der Waals surface area contributed by atoms with Gasteiger partial charge in [-0.3, -0.25) is 0 Å². The van der Waals surface area contributed by atoms with Crippen molar-refractivity contribution in [1.82, 2.24) is 0 Å². The van der Waals surface area contributed by atoms with E-state index in [0.29, 0.717) is 0 Å². The molecule has 0 bridgehead atoms. The van der Waals surface area contributed by atoms with Crippen LogP contribution < -0.4 is 0 Å². The lowest BCUT2D eigenvalue weighted by Crippen LogP contribution is -1.87. The van der Waals surface area contributed by atoms with Gasteiger partial charge in [-0.25, -0.2) is 0 Å². The maximum Gasteiger partial charge on any atom is 0.00942 e. The second-order valence-electron chi connectivity index (χ2n) is 9.49. The first-order chi connectivity index (χ1) is 16.3. The van der Waals surface area contributed by atoms with Gasteiger partial charge in [0.25, 0.3) is 0 Å². The molecule has 0 aliphatic heterocycles. The van der Waals surface area contributed by atoms with Crippen LogP contribution in [0.25, 0.3) is 0 Å². The molecule has 0 aliphatic carbocycles. The van der Waals surface area contributed by atoms with Crippen molar-refractivity contribution in [2.75, 3.05) is 17.3 Å². The standard InChI is InChI=1S/C30H54S3/c1-4-7-10-13-16-19-22-31-28-25-29(32-23-20-17-14-11-8-5-2)27-30(26-28)33-24-21-18-15-12-9-6-3/h25-27H,4-24H2,1-3H3. The monoisotopic (exact) mass is 510 g/mol. The average molecular weight is 511 g/mol. The Morgan fingerprint density at radius 2 is 0.606 bits per heavy atom. The Morgan fingerprint density at radius 3 is 0.879 bits per heavy atom. The smallest absolute Gasteiger partial charge is 0.00942 e. The first-order valence-electron chi connectivity index (χ1n) is 14.3. The van der Waals surface area contributed by atoms with Crippen LogP contribution in [0.15, 0.2) is 32.9 Å². The lowest BCUT2D eigenvalue weighted by molar-refractivity contribution is 0.627. The van der Waals surface area contributed by atoms with Crippen molar-refractivity contribution in [2.24, 2.45) is 0 Å².